The number of carbonyl (C=O) groups is 2. The third-order valence-corrected chi connectivity index (χ3v) is 2.26. The second-order valence-electron chi connectivity index (χ2n) is 3.63. The van der Waals surface area contributed by atoms with Crippen molar-refractivity contribution < 1.29 is 23.8 Å². The second kappa shape index (κ2) is 6.70. The molecule has 98 valence electrons. The zero-order valence-electron chi connectivity index (χ0n) is 9.85. The highest BCUT2D eigenvalue weighted by molar-refractivity contribution is 5.85. The van der Waals surface area contributed by atoms with Gasteiger partial charge in [0.1, 0.15) is 5.82 Å². The van der Waals surface area contributed by atoms with E-state index in [0.29, 0.717) is 5.56 Å². The van der Waals surface area contributed by atoms with Gasteiger partial charge in [-0.2, -0.15) is 0 Å². The molecule has 1 atom stereocenters. The van der Waals surface area contributed by atoms with Crippen LogP contribution in [0.5, 0.6) is 0 Å². The molecule has 6 heteroatoms. The molecular weight excluding hydrogens is 241 g/mol. The number of amides is 1. The van der Waals surface area contributed by atoms with Crippen LogP contribution in [0.15, 0.2) is 24.3 Å². The van der Waals surface area contributed by atoms with Crippen molar-refractivity contribution in [3.63, 3.8) is 0 Å². The standard InChI is InChI=1S/C12H14FNO4/c1-18-12(17)10(7-15)14-11(16)6-8-3-2-4-9(13)5-8/h2-5,10,15H,6-7H2,1H3,(H,14,16). The van der Waals surface area contributed by atoms with E-state index in [4.69, 9.17) is 5.11 Å². The molecule has 0 aliphatic carbocycles. The van der Waals surface area contributed by atoms with Crippen LogP contribution in [0.4, 0.5) is 4.39 Å². The summed E-state index contributed by atoms with van der Waals surface area (Å²) < 4.78 is 17.3. The van der Waals surface area contributed by atoms with Gasteiger partial charge in [-0.1, -0.05) is 12.1 Å². The van der Waals surface area contributed by atoms with E-state index in [-0.39, 0.29) is 6.42 Å². The highest BCUT2D eigenvalue weighted by Crippen LogP contribution is 2.04. The van der Waals surface area contributed by atoms with Crippen LogP contribution in [0.3, 0.4) is 0 Å². The molecule has 0 fully saturated rings. The summed E-state index contributed by atoms with van der Waals surface area (Å²) in [5, 5.41) is 11.2. The van der Waals surface area contributed by atoms with Gasteiger partial charge < -0.3 is 15.2 Å². The first kappa shape index (κ1) is 14.1. The van der Waals surface area contributed by atoms with Gasteiger partial charge in [0.25, 0.3) is 0 Å². The summed E-state index contributed by atoms with van der Waals surface area (Å²) in [6.45, 7) is -0.554. The van der Waals surface area contributed by atoms with E-state index in [1.807, 2.05) is 0 Å². The summed E-state index contributed by atoms with van der Waals surface area (Å²) in [7, 11) is 1.16. The third kappa shape index (κ3) is 4.14. The van der Waals surface area contributed by atoms with Gasteiger partial charge in [-0.05, 0) is 17.7 Å². The number of nitrogens with one attached hydrogen (secondary N) is 1. The lowest BCUT2D eigenvalue weighted by Gasteiger charge is -2.13. The summed E-state index contributed by atoms with van der Waals surface area (Å²) in [4.78, 5) is 22.7. The SMILES string of the molecule is COC(=O)C(CO)NC(=O)Cc1cccc(F)c1. The maximum Gasteiger partial charge on any atom is 0.330 e. The summed E-state index contributed by atoms with van der Waals surface area (Å²) in [6.07, 6.45) is -0.0781. The Morgan fingerprint density at radius 3 is 2.78 bits per heavy atom. The Labute approximate surface area is 104 Å². The number of aliphatic hydroxyl groups is 1. The number of esters is 1. The lowest BCUT2D eigenvalue weighted by molar-refractivity contribution is -0.146. The van der Waals surface area contributed by atoms with Crippen LogP contribution >= 0.6 is 0 Å². The number of aliphatic hydroxyl groups excluding tert-OH is 1. The quantitative estimate of drug-likeness (QED) is 0.727. The van der Waals surface area contributed by atoms with E-state index in [1.165, 1.54) is 18.2 Å². The Morgan fingerprint density at radius 1 is 1.50 bits per heavy atom. The Kier molecular flexibility index (Phi) is 5.26. The van der Waals surface area contributed by atoms with Crippen LogP contribution < -0.4 is 5.32 Å². The number of methoxy groups -OCH3 is 1. The van der Waals surface area contributed by atoms with Crippen molar-refractivity contribution in [3.05, 3.63) is 35.6 Å². The number of rotatable bonds is 5. The molecule has 1 amide bonds. The average Bonchev–Trinajstić information content (AvgIpc) is 2.35. The maximum atomic E-state index is 12.9. The van der Waals surface area contributed by atoms with E-state index in [2.05, 4.69) is 10.1 Å². The van der Waals surface area contributed by atoms with E-state index >= 15 is 0 Å². The van der Waals surface area contributed by atoms with Crippen LogP contribution in [0.1, 0.15) is 5.56 Å². The normalized spacial score (nSPS) is 11.7. The zero-order chi connectivity index (χ0) is 13.5. The van der Waals surface area contributed by atoms with E-state index in [9.17, 15) is 14.0 Å². The minimum atomic E-state index is -1.10. The van der Waals surface area contributed by atoms with Crippen LogP contribution in [-0.4, -0.2) is 36.7 Å². The first-order chi connectivity index (χ1) is 8.56. The number of hydrogen-bond donors (Lipinski definition) is 2. The first-order valence-corrected chi connectivity index (χ1v) is 5.29. The van der Waals surface area contributed by atoms with Gasteiger partial charge in [0.2, 0.25) is 5.91 Å². The van der Waals surface area contributed by atoms with Gasteiger partial charge in [-0.15, -0.1) is 0 Å². The highest BCUT2D eigenvalue weighted by Gasteiger charge is 2.20. The Morgan fingerprint density at radius 2 is 2.22 bits per heavy atom. The van der Waals surface area contributed by atoms with Crippen molar-refractivity contribution in [2.24, 2.45) is 0 Å². The fourth-order valence-corrected chi connectivity index (χ4v) is 1.40. The van der Waals surface area contributed by atoms with Gasteiger partial charge in [0.15, 0.2) is 6.04 Å². The monoisotopic (exact) mass is 255 g/mol. The topological polar surface area (TPSA) is 75.6 Å². The van der Waals surface area contributed by atoms with Crippen LogP contribution in [0.25, 0.3) is 0 Å². The van der Waals surface area contributed by atoms with Gasteiger partial charge in [-0.25, -0.2) is 9.18 Å². The Bertz CT molecular complexity index is 436. The van der Waals surface area contributed by atoms with Crippen LogP contribution in [0.2, 0.25) is 0 Å². The molecule has 0 saturated heterocycles. The molecule has 18 heavy (non-hydrogen) atoms. The fourth-order valence-electron chi connectivity index (χ4n) is 1.40. The van der Waals surface area contributed by atoms with Crippen molar-refractivity contribution in [2.75, 3.05) is 13.7 Å². The lowest BCUT2D eigenvalue weighted by Crippen LogP contribution is -2.44. The van der Waals surface area contributed by atoms with Crippen molar-refractivity contribution in [3.8, 4) is 0 Å². The molecule has 0 aliphatic rings. The molecule has 5 nitrogen and oxygen atoms in total. The van der Waals surface area contributed by atoms with Crippen LogP contribution in [-0.2, 0) is 20.7 Å². The average molecular weight is 255 g/mol. The van der Waals surface area contributed by atoms with Crippen molar-refractivity contribution in [1.82, 2.24) is 5.32 Å². The number of benzene rings is 1. The summed E-state index contributed by atoms with van der Waals surface area (Å²) in [6, 6.07) is 4.48. The molecular formula is C12H14FNO4. The number of carbonyl (C=O) groups excluding carboxylic acids is 2. The molecule has 2 N–H and O–H groups in total. The molecule has 0 radical (unpaired) electrons. The van der Waals surface area contributed by atoms with Gasteiger partial charge in [0, 0.05) is 0 Å². The molecule has 0 aromatic heterocycles. The summed E-state index contributed by atoms with van der Waals surface area (Å²) in [5.74, 6) is -1.66. The predicted octanol–water partition coefficient (Wildman–Crippen LogP) is 0.0183. The molecule has 1 rings (SSSR count). The highest BCUT2D eigenvalue weighted by atomic mass is 19.1. The minimum absolute atomic E-state index is 0.0781. The van der Waals surface area contributed by atoms with Crippen molar-refractivity contribution in [2.45, 2.75) is 12.5 Å². The lowest BCUT2D eigenvalue weighted by atomic mass is 10.1. The summed E-state index contributed by atoms with van der Waals surface area (Å²) >= 11 is 0. The molecule has 0 saturated carbocycles. The van der Waals surface area contributed by atoms with Gasteiger partial charge in [0.05, 0.1) is 20.1 Å². The molecule has 0 spiro atoms. The molecule has 1 aromatic carbocycles. The molecule has 1 unspecified atom stereocenters. The molecule has 0 heterocycles. The number of hydrogen-bond acceptors (Lipinski definition) is 4. The third-order valence-electron chi connectivity index (χ3n) is 2.26. The number of ether oxygens (including phenoxy) is 1. The van der Waals surface area contributed by atoms with Gasteiger partial charge in [-0.3, -0.25) is 4.79 Å². The van der Waals surface area contributed by atoms with E-state index in [1.54, 1.807) is 6.07 Å². The van der Waals surface area contributed by atoms with E-state index < -0.39 is 30.3 Å². The second-order valence-corrected chi connectivity index (χ2v) is 3.63. The Hall–Kier alpha value is -1.95. The number of halogens is 1. The van der Waals surface area contributed by atoms with E-state index in [0.717, 1.165) is 7.11 Å². The largest absolute Gasteiger partial charge is 0.467 e. The first-order valence-electron chi connectivity index (χ1n) is 5.29. The Balaban J connectivity index is 2.58. The van der Waals surface area contributed by atoms with Crippen molar-refractivity contribution in [1.29, 1.82) is 0 Å². The minimum Gasteiger partial charge on any atom is -0.467 e. The smallest absolute Gasteiger partial charge is 0.330 e. The maximum absolute atomic E-state index is 12.9. The molecule has 1 aromatic rings. The predicted molar refractivity (Wildman–Crippen MR) is 61.1 cm³/mol. The van der Waals surface area contributed by atoms with Crippen LogP contribution in [0, 0.1) is 5.82 Å². The molecule has 0 aliphatic heterocycles. The summed E-state index contributed by atoms with van der Waals surface area (Å²) in [5.41, 5.74) is 0.481. The zero-order valence-corrected chi connectivity index (χ0v) is 9.85. The van der Waals surface area contributed by atoms with Gasteiger partial charge >= 0.3 is 5.97 Å². The van der Waals surface area contributed by atoms with Crippen molar-refractivity contribution >= 4 is 11.9 Å². The molecule has 0 bridgehead atoms. The fraction of sp³-hybridized carbons (Fsp3) is 0.333.